The van der Waals surface area contributed by atoms with Crippen LogP contribution in [0.4, 0.5) is 11.5 Å². The summed E-state index contributed by atoms with van der Waals surface area (Å²) in [7, 11) is 0. The minimum Gasteiger partial charge on any atom is -0.368 e. The van der Waals surface area contributed by atoms with Crippen LogP contribution in [-0.4, -0.2) is 50.0 Å². The zero-order valence-electron chi connectivity index (χ0n) is 16.3. The predicted octanol–water partition coefficient (Wildman–Crippen LogP) is 1.77. The van der Waals surface area contributed by atoms with Gasteiger partial charge in [0.2, 0.25) is 5.91 Å². The molecule has 0 unspecified atom stereocenters. The smallest absolute Gasteiger partial charge is 0.250 e. The van der Waals surface area contributed by atoms with Crippen LogP contribution in [0.5, 0.6) is 0 Å². The number of anilines is 2. The van der Waals surface area contributed by atoms with E-state index in [9.17, 15) is 9.59 Å². The van der Waals surface area contributed by atoms with Crippen molar-refractivity contribution in [2.75, 3.05) is 25.0 Å². The van der Waals surface area contributed by atoms with E-state index < -0.39 is 0 Å². The molecule has 1 atom stereocenters. The Balaban J connectivity index is 1.34. The molecule has 4 rings (SSSR count). The molecule has 0 radical (unpaired) electrons. The molecule has 1 amide bonds. The highest BCUT2D eigenvalue weighted by Gasteiger charge is 2.26. The molecule has 0 saturated carbocycles. The molecule has 9 nitrogen and oxygen atoms in total. The number of amides is 1. The number of aryl methyl sites for hydroxylation is 1. The first-order valence-corrected chi connectivity index (χ1v) is 9.73. The molecule has 30 heavy (non-hydrogen) atoms. The number of pyridine rings is 2. The molecule has 4 heterocycles. The highest BCUT2D eigenvalue weighted by atomic mass is 16.5. The van der Waals surface area contributed by atoms with Crippen molar-refractivity contribution in [1.82, 2.24) is 24.4 Å². The highest BCUT2D eigenvalue weighted by molar-refractivity contribution is 5.76. The summed E-state index contributed by atoms with van der Waals surface area (Å²) in [4.78, 5) is 38.8. The number of carbonyl (C=O) groups is 1. The van der Waals surface area contributed by atoms with Gasteiger partial charge in [-0.25, -0.2) is 4.98 Å². The van der Waals surface area contributed by atoms with Crippen molar-refractivity contribution >= 4 is 17.4 Å². The Labute approximate surface area is 173 Å². The SMILES string of the molecule is O=C(CCn1ccccc1=O)N1CCO[C@H](c2ccc(Nc3cnccn3)cn2)C1. The van der Waals surface area contributed by atoms with Gasteiger partial charge in [0.05, 0.1) is 36.9 Å². The predicted molar refractivity (Wildman–Crippen MR) is 110 cm³/mol. The van der Waals surface area contributed by atoms with E-state index in [2.05, 4.69) is 20.3 Å². The molecule has 3 aromatic heterocycles. The quantitative estimate of drug-likeness (QED) is 0.665. The van der Waals surface area contributed by atoms with Gasteiger partial charge < -0.3 is 19.5 Å². The number of aromatic nitrogens is 4. The number of hydrogen-bond donors (Lipinski definition) is 1. The molecule has 0 aliphatic carbocycles. The maximum absolute atomic E-state index is 12.6. The Morgan fingerprint density at radius 1 is 1.17 bits per heavy atom. The van der Waals surface area contributed by atoms with Gasteiger partial charge in [-0.05, 0) is 18.2 Å². The average molecular weight is 406 g/mol. The third-order valence-corrected chi connectivity index (χ3v) is 4.84. The average Bonchev–Trinajstić information content (AvgIpc) is 2.80. The van der Waals surface area contributed by atoms with Crippen LogP contribution in [0.25, 0.3) is 0 Å². The van der Waals surface area contributed by atoms with Gasteiger partial charge in [0.1, 0.15) is 11.9 Å². The molecule has 1 fully saturated rings. The maximum Gasteiger partial charge on any atom is 0.250 e. The summed E-state index contributed by atoms with van der Waals surface area (Å²) in [6.45, 7) is 1.78. The van der Waals surface area contributed by atoms with E-state index in [4.69, 9.17) is 4.74 Å². The molecule has 0 spiro atoms. The number of rotatable bonds is 6. The molecule has 1 N–H and O–H groups in total. The highest BCUT2D eigenvalue weighted by Crippen LogP contribution is 2.23. The zero-order chi connectivity index (χ0) is 20.8. The van der Waals surface area contributed by atoms with Crippen LogP contribution in [0.1, 0.15) is 18.2 Å². The third-order valence-electron chi connectivity index (χ3n) is 4.84. The molecule has 0 aromatic carbocycles. The second-order valence-electron chi connectivity index (χ2n) is 6.87. The van der Waals surface area contributed by atoms with E-state index in [0.29, 0.717) is 32.1 Å². The fourth-order valence-electron chi connectivity index (χ4n) is 3.26. The molecule has 0 bridgehead atoms. The number of hydrogen-bond acceptors (Lipinski definition) is 7. The van der Waals surface area contributed by atoms with Gasteiger partial charge in [-0.2, -0.15) is 0 Å². The largest absolute Gasteiger partial charge is 0.368 e. The Kier molecular flexibility index (Phi) is 6.09. The van der Waals surface area contributed by atoms with Crippen molar-refractivity contribution < 1.29 is 9.53 Å². The lowest BCUT2D eigenvalue weighted by Gasteiger charge is -2.32. The van der Waals surface area contributed by atoms with Crippen LogP contribution in [0.2, 0.25) is 0 Å². The van der Waals surface area contributed by atoms with Crippen LogP contribution in [0, 0.1) is 0 Å². The Morgan fingerprint density at radius 2 is 2.10 bits per heavy atom. The number of ether oxygens (including phenoxy) is 1. The molecule has 9 heteroatoms. The third kappa shape index (κ3) is 4.87. The summed E-state index contributed by atoms with van der Waals surface area (Å²) >= 11 is 0. The lowest BCUT2D eigenvalue weighted by atomic mass is 10.1. The van der Waals surface area contributed by atoms with Gasteiger partial charge in [0.25, 0.3) is 5.56 Å². The van der Waals surface area contributed by atoms with Crippen LogP contribution in [0.3, 0.4) is 0 Å². The Hall–Kier alpha value is -3.59. The number of carbonyl (C=O) groups excluding carboxylic acids is 1. The standard InChI is InChI=1S/C21H22N6O3/c28-20-3-1-2-9-26(20)10-6-21(29)27-11-12-30-18(15-27)17-5-4-16(13-24-17)25-19-14-22-7-8-23-19/h1-5,7-9,13-14,18H,6,10-12,15H2,(H,23,25)/t18-/m0/s1. The van der Waals surface area contributed by atoms with E-state index in [1.165, 1.54) is 6.07 Å². The van der Waals surface area contributed by atoms with Gasteiger partial charge in [-0.1, -0.05) is 6.07 Å². The molecule has 154 valence electrons. The minimum absolute atomic E-state index is 0.00000754. The molecule has 1 aliphatic heterocycles. The summed E-state index contributed by atoms with van der Waals surface area (Å²) in [6, 6.07) is 8.73. The van der Waals surface area contributed by atoms with Gasteiger partial charge in [0.15, 0.2) is 0 Å². The first kappa shape index (κ1) is 19.7. The van der Waals surface area contributed by atoms with Crippen molar-refractivity contribution in [2.45, 2.75) is 19.1 Å². The van der Waals surface area contributed by atoms with Crippen LogP contribution < -0.4 is 10.9 Å². The number of nitrogens with zero attached hydrogens (tertiary/aromatic N) is 5. The van der Waals surface area contributed by atoms with Crippen LogP contribution >= 0.6 is 0 Å². The van der Waals surface area contributed by atoms with Gasteiger partial charge >= 0.3 is 0 Å². The minimum atomic E-state index is -0.285. The molecule has 1 aliphatic rings. The lowest BCUT2D eigenvalue weighted by molar-refractivity contribution is -0.139. The van der Waals surface area contributed by atoms with E-state index in [0.717, 1.165) is 11.4 Å². The Morgan fingerprint density at radius 3 is 2.87 bits per heavy atom. The van der Waals surface area contributed by atoms with Gasteiger partial charge in [-0.3, -0.25) is 19.6 Å². The fraction of sp³-hybridized carbons (Fsp3) is 0.286. The van der Waals surface area contributed by atoms with Gasteiger partial charge in [0, 0.05) is 44.2 Å². The molecule has 1 saturated heterocycles. The lowest BCUT2D eigenvalue weighted by Crippen LogP contribution is -2.42. The van der Waals surface area contributed by atoms with E-state index >= 15 is 0 Å². The Bertz CT molecular complexity index is 1040. The van der Waals surface area contributed by atoms with Crippen LogP contribution in [-0.2, 0) is 16.1 Å². The van der Waals surface area contributed by atoms with E-state index in [1.54, 1.807) is 52.6 Å². The molecular weight excluding hydrogens is 384 g/mol. The van der Waals surface area contributed by atoms with Crippen LogP contribution in [0.15, 0.2) is 66.1 Å². The van der Waals surface area contributed by atoms with E-state index in [-0.39, 0.29) is 24.0 Å². The van der Waals surface area contributed by atoms with Gasteiger partial charge in [-0.15, -0.1) is 0 Å². The maximum atomic E-state index is 12.6. The molecular formula is C21H22N6O3. The second-order valence-corrected chi connectivity index (χ2v) is 6.87. The van der Waals surface area contributed by atoms with Crippen molar-refractivity contribution in [1.29, 1.82) is 0 Å². The van der Waals surface area contributed by atoms with Crippen molar-refractivity contribution in [3.05, 3.63) is 77.4 Å². The monoisotopic (exact) mass is 406 g/mol. The summed E-state index contributed by atoms with van der Waals surface area (Å²) < 4.78 is 7.37. The topological polar surface area (TPSA) is 102 Å². The first-order valence-electron chi connectivity index (χ1n) is 9.73. The fourth-order valence-corrected chi connectivity index (χ4v) is 3.26. The summed E-state index contributed by atoms with van der Waals surface area (Å²) in [5, 5.41) is 3.13. The summed E-state index contributed by atoms with van der Waals surface area (Å²) in [5.74, 6) is 0.634. The normalized spacial score (nSPS) is 16.3. The van der Waals surface area contributed by atoms with Crippen molar-refractivity contribution in [2.24, 2.45) is 0 Å². The number of morpholine rings is 1. The number of nitrogens with one attached hydrogen (secondary N) is 1. The summed E-state index contributed by atoms with van der Waals surface area (Å²) in [6.07, 6.45) is 8.23. The van der Waals surface area contributed by atoms with Crippen molar-refractivity contribution in [3.8, 4) is 0 Å². The molecule has 3 aromatic rings. The zero-order valence-corrected chi connectivity index (χ0v) is 16.3. The first-order chi connectivity index (χ1) is 14.7. The second kappa shape index (κ2) is 9.27. The van der Waals surface area contributed by atoms with E-state index in [1.807, 2.05) is 12.1 Å². The summed E-state index contributed by atoms with van der Waals surface area (Å²) in [5.41, 5.74) is 1.44. The van der Waals surface area contributed by atoms with Crippen molar-refractivity contribution in [3.63, 3.8) is 0 Å².